The number of unbranched alkanes of at least 4 members (excludes halogenated alkanes) is 3. The van der Waals surface area contributed by atoms with Crippen molar-refractivity contribution >= 4 is 15.7 Å². The smallest absolute Gasteiger partial charge is 0.269 e. The summed E-state index contributed by atoms with van der Waals surface area (Å²) < 4.78 is 26.2. The van der Waals surface area contributed by atoms with Crippen LogP contribution in [0.2, 0.25) is 0 Å². The monoisotopic (exact) mass is 302 g/mol. The molecule has 0 bridgehead atoms. The predicted molar refractivity (Wildman–Crippen MR) is 73.8 cm³/mol. The van der Waals surface area contributed by atoms with Gasteiger partial charge in [0.05, 0.1) is 9.82 Å². The summed E-state index contributed by atoms with van der Waals surface area (Å²) in [5, 5.41) is 19.1. The van der Waals surface area contributed by atoms with E-state index in [0.29, 0.717) is 13.0 Å². The largest absolute Gasteiger partial charge is 0.396 e. The molecule has 0 amide bonds. The highest BCUT2D eigenvalue weighted by molar-refractivity contribution is 7.89. The fraction of sp³-hybridized carbons (Fsp3) is 0.500. The summed E-state index contributed by atoms with van der Waals surface area (Å²) in [5.74, 6) is 0. The van der Waals surface area contributed by atoms with E-state index in [-0.39, 0.29) is 17.2 Å². The third-order valence-corrected chi connectivity index (χ3v) is 4.21. The summed E-state index contributed by atoms with van der Waals surface area (Å²) in [4.78, 5) is 9.92. The normalized spacial score (nSPS) is 11.4. The molecular weight excluding hydrogens is 284 g/mol. The highest BCUT2D eigenvalue weighted by Crippen LogP contribution is 2.15. The number of hydrogen-bond donors (Lipinski definition) is 2. The number of benzene rings is 1. The number of non-ortho nitro benzene ring substituents is 1. The first kappa shape index (κ1) is 16.5. The van der Waals surface area contributed by atoms with Crippen LogP contribution in [0.1, 0.15) is 25.7 Å². The molecule has 1 aromatic rings. The quantitative estimate of drug-likeness (QED) is 0.407. The molecule has 0 saturated heterocycles. The summed E-state index contributed by atoms with van der Waals surface area (Å²) in [6.07, 6.45) is 3.10. The van der Waals surface area contributed by atoms with Gasteiger partial charge in [-0.3, -0.25) is 10.1 Å². The number of nitrogens with zero attached hydrogens (tertiary/aromatic N) is 1. The molecule has 1 rings (SSSR count). The van der Waals surface area contributed by atoms with Crippen LogP contribution in [0.4, 0.5) is 5.69 Å². The summed E-state index contributed by atoms with van der Waals surface area (Å²) >= 11 is 0. The number of hydrogen-bond acceptors (Lipinski definition) is 5. The van der Waals surface area contributed by atoms with E-state index in [0.717, 1.165) is 31.4 Å². The first-order chi connectivity index (χ1) is 9.47. The lowest BCUT2D eigenvalue weighted by atomic mass is 10.2. The topological polar surface area (TPSA) is 110 Å². The van der Waals surface area contributed by atoms with Crippen molar-refractivity contribution in [1.82, 2.24) is 4.72 Å². The van der Waals surface area contributed by atoms with Crippen molar-refractivity contribution < 1.29 is 18.4 Å². The zero-order chi connectivity index (χ0) is 15.0. The van der Waals surface area contributed by atoms with Crippen LogP contribution in [0.25, 0.3) is 0 Å². The Labute approximate surface area is 117 Å². The maximum atomic E-state index is 11.9. The van der Waals surface area contributed by atoms with Crippen molar-refractivity contribution in [3.63, 3.8) is 0 Å². The molecule has 2 N–H and O–H groups in total. The molecule has 0 aliphatic carbocycles. The van der Waals surface area contributed by atoms with Crippen LogP contribution in [0.5, 0.6) is 0 Å². The number of nitro groups is 1. The van der Waals surface area contributed by atoms with Crippen molar-refractivity contribution in [2.24, 2.45) is 0 Å². The molecule has 8 heteroatoms. The third-order valence-electron chi connectivity index (χ3n) is 2.73. The fourth-order valence-corrected chi connectivity index (χ4v) is 2.70. The van der Waals surface area contributed by atoms with Crippen molar-refractivity contribution in [3.8, 4) is 0 Å². The van der Waals surface area contributed by atoms with Crippen LogP contribution in [-0.2, 0) is 10.0 Å². The van der Waals surface area contributed by atoms with E-state index in [1.54, 1.807) is 0 Å². The SMILES string of the molecule is O=[N+]([O-])c1ccc(S(=O)(=O)NCCCCCCO)cc1. The first-order valence-electron chi connectivity index (χ1n) is 6.32. The summed E-state index contributed by atoms with van der Waals surface area (Å²) in [5.41, 5.74) is -0.145. The van der Waals surface area contributed by atoms with Crippen LogP contribution < -0.4 is 4.72 Å². The minimum atomic E-state index is -3.62. The van der Waals surface area contributed by atoms with Crippen LogP contribution in [0.3, 0.4) is 0 Å². The van der Waals surface area contributed by atoms with Gasteiger partial charge in [0.25, 0.3) is 5.69 Å². The van der Waals surface area contributed by atoms with Gasteiger partial charge < -0.3 is 5.11 Å². The van der Waals surface area contributed by atoms with Crippen LogP contribution in [0.15, 0.2) is 29.2 Å². The molecule has 7 nitrogen and oxygen atoms in total. The number of aliphatic hydroxyl groups excluding tert-OH is 1. The van der Waals surface area contributed by atoms with Gasteiger partial charge in [0.2, 0.25) is 10.0 Å². The Morgan fingerprint density at radius 2 is 1.70 bits per heavy atom. The Hall–Kier alpha value is -1.51. The lowest BCUT2D eigenvalue weighted by molar-refractivity contribution is -0.384. The van der Waals surface area contributed by atoms with E-state index < -0.39 is 14.9 Å². The van der Waals surface area contributed by atoms with Gasteiger partial charge in [-0.25, -0.2) is 13.1 Å². The van der Waals surface area contributed by atoms with Crippen LogP contribution in [-0.4, -0.2) is 31.6 Å². The van der Waals surface area contributed by atoms with E-state index in [9.17, 15) is 18.5 Å². The molecule has 0 aromatic heterocycles. The summed E-state index contributed by atoms with van der Waals surface area (Å²) in [6, 6.07) is 4.75. The number of rotatable bonds is 9. The standard InChI is InChI=1S/C12H18N2O5S/c15-10-4-2-1-3-9-13-20(18,19)12-7-5-11(6-8-12)14(16)17/h5-8,13,15H,1-4,9-10H2. The van der Waals surface area contributed by atoms with Gasteiger partial charge in [-0.15, -0.1) is 0 Å². The van der Waals surface area contributed by atoms with E-state index >= 15 is 0 Å². The van der Waals surface area contributed by atoms with Gasteiger partial charge in [0, 0.05) is 25.3 Å². The van der Waals surface area contributed by atoms with Crippen molar-refractivity contribution in [1.29, 1.82) is 0 Å². The van der Waals surface area contributed by atoms with Crippen molar-refractivity contribution in [3.05, 3.63) is 34.4 Å². The highest BCUT2D eigenvalue weighted by atomic mass is 32.2. The molecule has 0 aliphatic rings. The Morgan fingerprint density at radius 1 is 1.10 bits per heavy atom. The molecular formula is C12H18N2O5S. The van der Waals surface area contributed by atoms with Gasteiger partial charge in [0.15, 0.2) is 0 Å². The molecule has 112 valence electrons. The third kappa shape index (κ3) is 5.24. The van der Waals surface area contributed by atoms with Gasteiger partial charge in [-0.05, 0) is 25.0 Å². The van der Waals surface area contributed by atoms with Crippen LogP contribution in [0, 0.1) is 10.1 Å². The molecule has 0 fully saturated rings. The number of sulfonamides is 1. The second-order valence-electron chi connectivity index (χ2n) is 4.29. The van der Waals surface area contributed by atoms with Crippen molar-refractivity contribution in [2.75, 3.05) is 13.2 Å². The van der Waals surface area contributed by atoms with Crippen LogP contribution >= 0.6 is 0 Å². The number of nitro benzene ring substituents is 1. The van der Waals surface area contributed by atoms with E-state index in [1.165, 1.54) is 12.1 Å². The molecule has 0 aliphatic heterocycles. The van der Waals surface area contributed by atoms with E-state index in [1.807, 2.05) is 0 Å². The average molecular weight is 302 g/mol. The average Bonchev–Trinajstić information content (AvgIpc) is 2.43. The number of aliphatic hydroxyl groups is 1. The molecule has 0 unspecified atom stereocenters. The molecule has 0 saturated carbocycles. The molecule has 0 atom stereocenters. The lowest BCUT2D eigenvalue weighted by Gasteiger charge is -2.06. The number of nitrogens with one attached hydrogen (secondary N) is 1. The molecule has 1 aromatic carbocycles. The van der Waals surface area contributed by atoms with E-state index in [2.05, 4.69) is 4.72 Å². The minimum Gasteiger partial charge on any atom is -0.396 e. The molecule has 0 radical (unpaired) electrons. The van der Waals surface area contributed by atoms with Gasteiger partial charge >= 0.3 is 0 Å². The Morgan fingerprint density at radius 3 is 2.25 bits per heavy atom. The van der Waals surface area contributed by atoms with E-state index in [4.69, 9.17) is 5.11 Å². The summed E-state index contributed by atoms with van der Waals surface area (Å²) in [6.45, 7) is 0.458. The maximum Gasteiger partial charge on any atom is 0.269 e. The van der Waals surface area contributed by atoms with Crippen molar-refractivity contribution in [2.45, 2.75) is 30.6 Å². The molecule has 20 heavy (non-hydrogen) atoms. The zero-order valence-corrected chi connectivity index (χ0v) is 11.8. The van der Waals surface area contributed by atoms with Gasteiger partial charge in [0.1, 0.15) is 0 Å². The second kappa shape index (κ2) is 7.93. The minimum absolute atomic E-state index is 0.0125. The lowest BCUT2D eigenvalue weighted by Crippen LogP contribution is -2.24. The summed E-state index contributed by atoms with van der Waals surface area (Å²) in [7, 11) is -3.62. The zero-order valence-electron chi connectivity index (χ0n) is 11.0. The Bertz CT molecular complexity index is 527. The first-order valence-corrected chi connectivity index (χ1v) is 7.80. The fourth-order valence-electron chi connectivity index (χ4n) is 1.63. The maximum absolute atomic E-state index is 11.9. The molecule has 0 heterocycles. The Kier molecular flexibility index (Phi) is 6.56. The van der Waals surface area contributed by atoms with Gasteiger partial charge in [-0.2, -0.15) is 0 Å². The molecule has 0 spiro atoms. The predicted octanol–water partition coefficient (Wildman–Crippen LogP) is 1.43. The Balaban J connectivity index is 2.49. The van der Waals surface area contributed by atoms with Gasteiger partial charge in [-0.1, -0.05) is 12.8 Å². The second-order valence-corrected chi connectivity index (χ2v) is 6.05. The highest BCUT2D eigenvalue weighted by Gasteiger charge is 2.14.